The minimum absolute atomic E-state index is 0.0161. The van der Waals surface area contributed by atoms with E-state index in [1.807, 2.05) is 0 Å². The first-order valence-electron chi connectivity index (χ1n) is 4.88. The maximum atomic E-state index is 10.4. The number of aliphatic carboxylic acids is 1. The molecule has 4 N–H and O–H groups in total. The van der Waals surface area contributed by atoms with Crippen LogP contribution in [0.5, 0.6) is 5.75 Å². The molecule has 1 atom stereocenters. The number of hydrogen-bond acceptors (Lipinski definition) is 3. The highest BCUT2D eigenvalue weighted by Gasteiger charge is 2.15. The van der Waals surface area contributed by atoms with Crippen molar-refractivity contribution in [2.75, 3.05) is 0 Å². The Labute approximate surface area is 102 Å². The third kappa shape index (κ3) is 2.96. The highest BCUT2D eigenvalue weighted by molar-refractivity contribution is 9.10. The van der Waals surface area contributed by atoms with Gasteiger partial charge < -0.3 is 15.9 Å². The van der Waals surface area contributed by atoms with Crippen LogP contribution < -0.4 is 5.73 Å². The van der Waals surface area contributed by atoms with Crippen molar-refractivity contribution in [2.24, 2.45) is 5.73 Å². The van der Waals surface area contributed by atoms with Crippen molar-refractivity contribution in [1.29, 1.82) is 0 Å². The van der Waals surface area contributed by atoms with Gasteiger partial charge in [-0.25, -0.2) is 0 Å². The van der Waals surface area contributed by atoms with Crippen molar-refractivity contribution in [3.05, 3.63) is 27.7 Å². The lowest BCUT2D eigenvalue weighted by molar-refractivity contribution is -0.137. The molecule has 0 bridgehead atoms. The Balaban J connectivity index is 2.87. The second-order valence-corrected chi connectivity index (χ2v) is 4.47. The van der Waals surface area contributed by atoms with E-state index in [4.69, 9.17) is 10.8 Å². The van der Waals surface area contributed by atoms with Gasteiger partial charge in [-0.1, -0.05) is 12.1 Å². The summed E-state index contributed by atoms with van der Waals surface area (Å²) in [5.41, 5.74) is 7.34. The smallest absolute Gasteiger partial charge is 0.303 e. The Hall–Kier alpha value is -1.07. The molecule has 0 aliphatic carbocycles. The summed E-state index contributed by atoms with van der Waals surface area (Å²) in [4.78, 5) is 10.4. The number of hydrogen-bond donors (Lipinski definition) is 3. The van der Waals surface area contributed by atoms with E-state index in [2.05, 4.69) is 15.9 Å². The SMILES string of the molecule is Cc1ccc(C(N)CCC(=O)O)c(Br)c1O. The van der Waals surface area contributed by atoms with Gasteiger partial charge in [0.05, 0.1) is 4.47 Å². The number of carboxylic acids is 1. The van der Waals surface area contributed by atoms with E-state index in [0.29, 0.717) is 10.9 Å². The van der Waals surface area contributed by atoms with Gasteiger partial charge in [-0.2, -0.15) is 0 Å². The maximum absolute atomic E-state index is 10.4. The second-order valence-electron chi connectivity index (χ2n) is 3.67. The number of aromatic hydroxyl groups is 1. The lowest BCUT2D eigenvalue weighted by Gasteiger charge is -2.14. The van der Waals surface area contributed by atoms with Crippen molar-refractivity contribution >= 4 is 21.9 Å². The molecule has 1 aromatic rings. The number of carboxylic acid groups (broad SMARTS) is 1. The average Bonchev–Trinajstić information content (AvgIpc) is 2.23. The first-order chi connectivity index (χ1) is 7.43. The van der Waals surface area contributed by atoms with Crippen LogP contribution in [-0.4, -0.2) is 16.2 Å². The molecule has 0 aliphatic rings. The molecule has 0 radical (unpaired) electrons. The lowest BCUT2D eigenvalue weighted by Crippen LogP contribution is -2.13. The van der Waals surface area contributed by atoms with E-state index in [-0.39, 0.29) is 12.2 Å². The quantitative estimate of drug-likeness (QED) is 0.794. The van der Waals surface area contributed by atoms with Crippen LogP contribution in [0.3, 0.4) is 0 Å². The van der Waals surface area contributed by atoms with E-state index in [0.717, 1.165) is 11.1 Å². The molecule has 0 heterocycles. The van der Waals surface area contributed by atoms with E-state index in [1.165, 1.54) is 0 Å². The van der Waals surface area contributed by atoms with Crippen LogP contribution in [0.15, 0.2) is 16.6 Å². The van der Waals surface area contributed by atoms with Gasteiger partial charge in [0.2, 0.25) is 0 Å². The highest BCUT2D eigenvalue weighted by Crippen LogP contribution is 2.34. The first kappa shape index (κ1) is 13.0. The fraction of sp³-hybridized carbons (Fsp3) is 0.364. The Morgan fingerprint density at radius 1 is 1.56 bits per heavy atom. The number of halogens is 1. The number of carbonyl (C=O) groups is 1. The predicted molar refractivity (Wildman–Crippen MR) is 64.3 cm³/mol. The molecular formula is C11H14BrNO3. The molecule has 16 heavy (non-hydrogen) atoms. The molecule has 0 saturated heterocycles. The fourth-order valence-corrected chi connectivity index (χ4v) is 2.14. The van der Waals surface area contributed by atoms with Crippen LogP contribution in [0.4, 0.5) is 0 Å². The van der Waals surface area contributed by atoms with Crippen LogP contribution in [0.1, 0.15) is 30.0 Å². The third-order valence-corrected chi connectivity index (χ3v) is 3.25. The van der Waals surface area contributed by atoms with Crippen LogP contribution in [0, 0.1) is 6.92 Å². The Morgan fingerprint density at radius 2 is 2.19 bits per heavy atom. The van der Waals surface area contributed by atoms with Crippen molar-refractivity contribution in [2.45, 2.75) is 25.8 Å². The Bertz CT molecular complexity index is 406. The zero-order valence-electron chi connectivity index (χ0n) is 8.90. The van der Waals surface area contributed by atoms with Crippen molar-refractivity contribution in [3.8, 4) is 5.75 Å². The van der Waals surface area contributed by atoms with E-state index < -0.39 is 12.0 Å². The van der Waals surface area contributed by atoms with Gasteiger partial charge in [0, 0.05) is 12.5 Å². The lowest BCUT2D eigenvalue weighted by atomic mass is 10.0. The Morgan fingerprint density at radius 3 is 2.75 bits per heavy atom. The minimum Gasteiger partial charge on any atom is -0.506 e. The van der Waals surface area contributed by atoms with Crippen LogP contribution in [0.2, 0.25) is 0 Å². The number of phenols is 1. The predicted octanol–water partition coefficient (Wildman–Crippen LogP) is 2.33. The topological polar surface area (TPSA) is 83.6 Å². The molecule has 1 aromatic carbocycles. The molecule has 0 fully saturated rings. The first-order valence-corrected chi connectivity index (χ1v) is 5.68. The van der Waals surface area contributed by atoms with Gasteiger partial charge in [-0.05, 0) is 40.4 Å². The van der Waals surface area contributed by atoms with Gasteiger partial charge in [0.1, 0.15) is 5.75 Å². The molecule has 0 spiro atoms. The summed E-state index contributed by atoms with van der Waals surface area (Å²) in [5.74, 6) is -0.716. The molecule has 4 nitrogen and oxygen atoms in total. The molecule has 5 heteroatoms. The second kappa shape index (κ2) is 5.32. The molecule has 88 valence electrons. The molecule has 1 unspecified atom stereocenters. The van der Waals surface area contributed by atoms with Crippen LogP contribution >= 0.6 is 15.9 Å². The average molecular weight is 288 g/mol. The highest BCUT2D eigenvalue weighted by atomic mass is 79.9. The van der Waals surface area contributed by atoms with Crippen molar-refractivity contribution < 1.29 is 15.0 Å². The largest absolute Gasteiger partial charge is 0.506 e. The minimum atomic E-state index is -0.872. The van der Waals surface area contributed by atoms with Gasteiger partial charge in [-0.15, -0.1) is 0 Å². The molecule has 0 saturated carbocycles. The summed E-state index contributed by atoms with van der Waals surface area (Å²) >= 11 is 3.26. The van der Waals surface area contributed by atoms with Gasteiger partial charge >= 0.3 is 5.97 Å². The van der Waals surface area contributed by atoms with Gasteiger partial charge in [-0.3, -0.25) is 4.79 Å². The van der Waals surface area contributed by atoms with E-state index >= 15 is 0 Å². The summed E-state index contributed by atoms with van der Waals surface area (Å²) in [7, 11) is 0. The Kier molecular flexibility index (Phi) is 4.32. The fourth-order valence-electron chi connectivity index (χ4n) is 1.40. The monoisotopic (exact) mass is 287 g/mol. The molecular weight excluding hydrogens is 274 g/mol. The van der Waals surface area contributed by atoms with Crippen LogP contribution in [0.25, 0.3) is 0 Å². The standard InChI is InChI=1S/C11H14BrNO3/c1-6-2-3-7(10(12)11(6)16)8(13)4-5-9(14)15/h2-3,8,16H,4-5,13H2,1H3,(H,14,15). The molecule has 1 rings (SSSR count). The van der Waals surface area contributed by atoms with E-state index in [9.17, 15) is 9.90 Å². The number of phenolic OH excluding ortho intramolecular Hbond substituents is 1. The zero-order valence-corrected chi connectivity index (χ0v) is 10.5. The normalized spacial score (nSPS) is 12.4. The molecule has 0 amide bonds. The zero-order chi connectivity index (χ0) is 12.3. The third-order valence-electron chi connectivity index (χ3n) is 2.42. The van der Waals surface area contributed by atoms with Gasteiger partial charge in [0.15, 0.2) is 0 Å². The summed E-state index contributed by atoms with van der Waals surface area (Å²) in [6.45, 7) is 1.78. The van der Waals surface area contributed by atoms with Crippen LogP contribution in [-0.2, 0) is 4.79 Å². The summed E-state index contributed by atoms with van der Waals surface area (Å²) in [6.07, 6.45) is 0.360. The maximum Gasteiger partial charge on any atom is 0.303 e. The summed E-state index contributed by atoms with van der Waals surface area (Å²) in [6, 6.07) is 3.17. The van der Waals surface area contributed by atoms with E-state index in [1.54, 1.807) is 19.1 Å². The van der Waals surface area contributed by atoms with Crippen molar-refractivity contribution in [3.63, 3.8) is 0 Å². The summed E-state index contributed by atoms with van der Waals surface area (Å²) in [5, 5.41) is 18.3. The number of benzene rings is 1. The summed E-state index contributed by atoms with van der Waals surface area (Å²) < 4.78 is 0.547. The molecule has 0 aromatic heterocycles. The van der Waals surface area contributed by atoms with Crippen molar-refractivity contribution in [1.82, 2.24) is 0 Å². The number of nitrogens with two attached hydrogens (primary N) is 1. The number of aryl methyl sites for hydroxylation is 1. The number of rotatable bonds is 4. The molecule has 0 aliphatic heterocycles. The van der Waals surface area contributed by atoms with Gasteiger partial charge in [0.25, 0.3) is 0 Å².